The summed E-state index contributed by atoms with van der Waals surface area (Å²) in [6, 6.07) is 18.2. The molecule has 0 spiro atoms. The molecule has 1 unspecified atom stereocenters. The Balaban J connectivity index is 1.55. The Hall–Kier alpha value is -2.70. The van der Waals surface area contributed by atoms with E-state index in [0.29, 0.717) is 18.3 Å². The Kier molecular flexibility index (Phi) is 4.95. The Morgan fingerprint density at radius 3 is 2.81 bits per heavy atom. The topological polar surface area (TPSA) is 63.4 Å². The molecule has 1 fully saturated rings. The molecule has 3 aromatic rings. The summed E-state index contributed by atoms with van der Waals surface area (Å²) in [6.07, 6.45) is 0. The molecule has 1 aliphatic heterocycles. The van der Waals surface area contributed by atoms with Crippen molar-refractivity contribution in [1.82, 2.24) is 20.4 Å². The Morgan fingerprint density at radius 2 is 1.96 bits per heavy atom. The lowest BCUT2D eigenvalue weighted by molar-refractivity contribution is 0.146. The summed E-state index contributed by atoms with van der Waals surface area (Å²) >= 11 is 0. The average molecular weight is 350 g/mol. The van der Waals surface area contributed by atoms with E-state index in [1.54, 1.807) is 7.11 Å². The molecule has 134 valence electrons. The number of nitrogens with one attached hydrogen (secondary N) is 1. The van der Waals surface area contributed by atoms with Crippen LogP contribution in [-0.2, 0) is 6.54 Å². The van der Waals surface area contributed by atoms with Gasteiger partial charge in [0, 0.05) is 30.8 Å². The zero-order valence-electron chi connectivity index (χ0n) is 14.8. The first-order chi connectivity index (χ1) is 12.8. The molecule has 2 aromatic carbocycles. The minimum Gasteiger partial charge on any atom is -0.496 e. The molecule has 0 aliphatic carbocycles. The zero-order valence-corrected chi connectivity index (χ0v) is 14.8. The molecule has 1 saturated heterocycles. The summed E-state index contributed by atoms with van der Waals surface area (Å²) in [7, 11) is 1.71. The predicted octanol–water partition coefficient (Wildman–Crippen LogP) is 2.89. The van der Waals surface area contributed by atoms with Crippen molar-refractivity contribution in [3.63, 3.8) is 0 Å². The van der Waals surface area contributed by atoms with Gasteiger partial charge in [-0.25, -0.2) is 0 Å². The number of aromatic nitrogens is 2. The fourth-order valence-corrected chi connectivity index (χ4v) is 3.38. The molecule has 0 saturated carbocycles. The third-order valence-corrected chi connectivity index (χ3v) is 4.69. The van der Waals surface area contributed by atoms with Crippen molar-refractivity contribution < 1.29 is 9.26 Å². The van der Waals surface area contributed by atoms with Gasteiger partial charge in [0.15, 0.2) is 5.82 Å². The lowest BCUT2D eigenvalue weighted by Crippen LogP contribution is -2.45. The van der Waals surface area contributed by atoms with E-state index in [9.17, 15) is 0 Å². The van der Waals surface area contributed by atoms with Crippen molar-refractivity contribution in [3.8, 4) is 17.2 Å². The molecule has 1 atom stereocenters. The van der Waals surface area contributed by atoms with Crippen LogP contribution < -0.4 is 10.1 Å². The third kappa shape index (κ3) is 3.47. The van der Waals surface area contributed by atoms with Crippen LogP contribution in [-0.4, -0.2) is 41.8 Å². The molecule has 0 radical (unpaired) electrons. The van der Waals surface area contributed by atoms with Gasteiger partial charge in [0.05, 0.1) is 19.7 Å². The van der Waals surface area contributed by atoms with E-state index >= 15 is 0 Å². The smallest absolute Gasteiger partial charge is 0.257 e. The van der Waals surface area contributed by atoms with Crippen LogP contribution in [0.1, 0.15) is 17.4 Å². The molecule has 0 amide bonds. The summed E-state index contributed by atoms with van der Waals surface area (Å²) in [5.41, 5.74) is 2.11. The van der Waals surface area contributed by atoms with Crippen molar-refractivity contribution in [3.05, 3.63) is 66.0 Å². The first kappa shape index (κ1) is 16.8. The lowest BCUT2D eigenvalue weighted by atomic mass is 10.0. The maximum absolute atomic E-state index is 5.55. The molecular formula is C20H22N4O2. The fourth-order valence-electron chi connectivity index (χ4n) is 3.38. The fraction of sp³-hybridized carbons (Fsp3) is 0.300. The Labute approximate surface area is 152 Å². The van der Waals surface area contributed by atoms with Crippen LogP contribution in [0.4, 0.5) is 0 Å². The normalized spacial score (nSPS) is 18.0. The number of methoxy groups -OCH3 is 1. The standard InChI is InChI=1S/C20H22N4O2/c1-25-18-10-6-5-9-16(18)17-13-21-11-12-24(17)14-19-22-20(26-23-19)15-7-3-2-4-8-15/h2-10,17,21H,11-14H2,1H3. The molecule has 6 nitrogen and oxygen atoms in total. The highest BCUT2D eigenvalue weighted by molar-refractivity contribution is 5.52. The monoisotopic (exact) mass is 350 g/mol. The van der Waals surface area contributed by atoms with E-state index in [1.165, 1.54) is 5.56 Å². The summed E-state index contributed by atoms with van der Waals surface area (Å²) in [4.78, 5) is 6.94. The van der Waals surface area contributed by atoms with E-state index in [1.807, 2.05) is 48.5 Å². The van der Waals surface area contributed by atoms with Gasteiger partial charge in [-0.3, -0.25) is 4.90 Å². The summed E-state index contributed by atoms with van der Waals surface area (Å²) in [5, 5.41) is 7.65. The van der Waals surface area contributed by atoms with Gasteiger partial charge in [-0.05, 0) is 18.2 Å². The zero-order chi connectivity index (χ0) is 17.8. The summed E-state index contributed by atoms with van der Waals surface area (Å²) in [6.45, 7) is 3.36. The van der Waals surface area contributed by atoms with Gasteiger partial charge in [-0.2, -0.15) is 4.98 Å². The minimum absolute atomic E-state index is 0.207. The second kappa shape index (κ2) is 7.68. The Morgan fingerprint density at radius 1 is 1.15 bits per heavy atom. The van der Waals surface area contributed by atoms with E-state index < -0.39 is 0 Å². The minimum atomic E-state index is 0.207. The van der Waals surface area contributed by atoms with Crippen LogP contribution in [0.2, 0.25) is 0 Å². The Bertz CT molecular complexity index is 850. The predicted molar refractivity (Wildman–Crippen MR) is 98.7 cm³/mol. The van der Waals surface area contributed by atoms with Crippen molar-refractivity contribution >= 4 is 0 Å². The average Bonchev–Trinajstić information content (AvgIpc) is 3.18. The molecule has 2 heterocycles. The number of hydrogen-bond acceptors (Lipinski definition) is 6. The van der Waals surface area contributed by atoms with Gasteiger partial charge >= 0.3 is 0 Å². The number of hydrogen-bond donors (Lipinski definition) is 1. The van der Waals surface area contributed by atoms with E-state index in [0.717, 1.165) is 30.9 Å². The van der Waals surface area contributed by atoms with Crippen molar-refractivity contribution in [2.24, 2.45) is 0 Å². The molecule has 4 rings (SSSR count). The van der Waals surface area contributed by atoms with Gasteiger partial charge in [0.25, 0.3) is 5.89 Å². The molecule has 1 N–H and O–H groups in total. The van der Waals surface area contributed by atoms with Crippen LogP contribution in [0.15, 0.2) is 59.1 Å². The highest BCUT2D eigenvalue weighted by Gasteiger charge is 2.27. The van der Waals surface area contributed by atoms with E-state index in [4.69, 9.17) is 9.26 Å². The van der Waals surface area contributed by atoms with Crippen LogP contribution >= 0.6 is 0 Å². The second-order valence-electron chi connectivity index (χ2n) is 6.31. The molecule has 26 heavy (non-hydrogen) atoms. The van der Waals surface area contributed by atoms with Crippen molar-refractivity contribution in [1.29, 1.82) is 0 Å². The number of para-hydroxylation sites is 1. The number of rotatable bonds is 5. The summed E-state index contributed by atoms with van der Waals surface area (Å²) in [5.74, 6) is 2.17. The number of nitrogens with zero attached hydrogens (tertiary/aromatic N) is 3. The van der Waals surface area contributed by atoms with Gasteiger partial charge in [0.1, 0.15) is 5.75 Å². The van der Waals surface area contributed by atoms with E-state index in [-0.39, 0.29) is 6.04 Å². The molecule has 6 heteroatoms. The van der Waals surface area contributed by atoms with Gasteiger partial charge < -0.3 is 14.6 Å². The van der Waals surface area contributed by atoms with Gasteiger partial charge in [0.2, 0.25) is 0 Å². The number of ether oxygens (including phenoxy) is 1. The van der Waals surface area contributed by atoms with Crippen molar-refractivity contribution in [2.75, 3.05) is 26.7 Å². The van der Waals surface area contributed by atoms with Crippen LogP contribution in [0.3, 0.4) is 0 Å². The van der Waals surface area contributed by atoms with Gasteiger partial charge in [-0.15, -0.1) is 0 Å². The van der Waals surface area contributed by atoms with Crippen molar-refractivity contribution in [2.45, 2.75) is 12.6 Å². The van der Waals surface area contributed by atoms with Crippen LogP contribution in [0, 0.1) is 0 Å². The van der Waals surface area contributed by atoms with E-state index in [2.05, 4.69) is 26.4 Å². The van der Waals surface area contributed by atoms with Crippen LogP contribution in [0.5, 0.6) is 5.75 Å². The number of piperazine rings is 1. The first-order valence-electron chi connectivity index (χ1n) is 8.81. The molecule has 0 bridgehead atoms. The summed E-state index contributed by atoms with van der Waals surface area (Å²) < 4.78 is 11.0. The van der Waals surface area contributed by atoms with Crippen LogP contribution in [0.25, 0.3) is 11.5 Å². The second-order valence-corrected chi connectivity index (χ2v) is 6.31. The third-order valence-electron chi connectivity index (χ3n) is 4.69. The quantitative estimate of drug-likeness (QED) is 0.763. The molecule has 1 aromatic heterocycles. The largest absolute Gasteiger partial charge is 0.496 e. The number of benzene rings is 2. The maximum Gasteiger partial charge on any atom is 0.257 e. The van der Waals surface area contributed by atoms with Gasteiger partial charge in [-0.1, -0.05) is 41.6 Å². The molecular weight excluding hydrogens is 328 g/mol. The highest BCUT2D eigenvalue weighted by atomic mass is 16.5. The maximum atomic E-state index is 5.55. The molecule has 1 aliphatic rings. The SMILES string of the molecule is COc1ccccc1C1CNCCN1Cc1noc(-c2ccccc2)n1. The first-order valence-corrected chi connectivity index (χ1v) is 8.81. The highest BCUT2D eigenvalue weighted by Crippen LogP contribution is 2.31. The lowest BCUT2D eigenvalue weighted by Gasteiger charge is -2.36.